The van der Waals surface area contributed by atoms with E-state index < -0.39 is 97.5 Å². The Bertz CT molecular complexity index is 1600. The van der Waals surface area contributed by atoms with Crippen LogP contribution >= 0.6 is 15.6 Å². The van der Waals surface area contributed by atoms with Gasteiger partial charge in [-0.05, 0) is 25.7 Å². The summed E-state index contributed by atoms with van der Waals surface area (Å²) in [6.07, 6.45) is 44.8. The van der Waals surface area contributed by atoms with Crippen LogP contribution in [0, 0.1) is 0 Å². The Morgan fingerprint density at radius 2 is 0.482 bits per heavy atom. The van der Waals surface area contributed by atoms with E-state index in [0.29, 0.717) is 25.7 Å². The second-order valence-electron chi connectivity index (χ2n) is 23.2. The van der Waals surface area contributed by atoms with Crippen LogP contribution in [0.15, 0.2) is 0 Å². The molecule has 0 aromatic carbocycles. The third-order valence-electron chi connectivity index (χ3n) is 14.9. The number of ether oxygens (including phenoxy) is 4. The summed E-state index contributed by atoms with van der Waals surface area (Å²) in [5, 5.41) is 10.5. The average molecular weight is 1230 g/mol. The van der Waals surface area contributed by atoms with Crippen molar-refractivity contribution in [2.24, 2.45) is 0 Å². The Morgan fingerprint density at radius 3 is 0.711 bits per heavy atom. The third kappa shape index (κ3) is 58.8. The van der Waals surface area contributed by atoms with Gasteiger partial charge in [-0.1, -0.05) is 278 Å². The summed E-state index contributed by atoms with van der Waals surface area (Å²) in [7, 11) is -9.87. The molecular weight excluding hydrogens is 1100 g/mol. The van der Waals surface area contributed by atoms with E-state index in [2.05, 4.69) is 27.7 Å². The first-order chi connectivity index (χ1) is 40.2. The van der Waals surface area contributed by atoms with Gasteiger partial charge in [-0.3, -0.25) is 37.3 Å². The van der Waals surface area contributed by atoms with Gasteiger partial charge in [0.15, 0.2) is 12.2 Å². The van der Waals surface area contributed by atoms with Crippen LogP contribution in [0.3, 0.4) is 0 Å². The number of phosphoric ester groups is 2. The maximum atomic E-state index is 13.0. The minimum Gasteiger partial charge on any atom is -0.462 e. The van der Waals surface area contributed by atoms with Gasteiger partial charge in [0.2, 0.25) is 0 Å². The fourth-order valence-corrected chi connectivity index (χ4v) is 11.2. The topological polar surface area (TPSA) is 237 Å². The number of aliphatic hydroxyl groups is 1. The Labute approximate surface area is 505 Å². The van der Waals surface area contributed by atoms with Crippen molar-refractivity contribution in [1.29, 1.82) is 0 Å². The van der Waals surface area contributed by atoms with Crippen LogP contribution in [0.5, 0.6) is 0 Å². The van der Waals surface area contributed by atoms with Crippen molar-refractivity contribution in [2.75, 3.05) is 39.6 Å². The standard InChI is InChI=1S/C64H124O17P2/c1-5-9-13-17-20-23-25-27-29-30-32-34-36-39-43-47-51-64(69)81-60(55-75-62(67)49-45-41-38-35-33-31-28-26-24-21-18-14-10-6-2)57-79-83(72,73)77-53-58(65)52-76-82(70,71)78-56-59(54-74-61(66)48-44-40-16-12-8-4)80-63(68)50-46-42-37-22-19-15-11-7-3/h58-60,65H,5-57H2,1-4H3,(H,70,71)(H,72,73)/t58-,59+,60+/m0/s1. The summed E-state index contributed by atoms with van der Waals surface area (Å²) < 4.78 is 67.8. The smallest absolute Gasteiger partial charge is 0.462 e. The highest BCUT2D eigenvalue weighted by Gasteiger charge is 2.30. The molecule has 0 fully saturated rings. The maximum absolute atomic E-state index is 13.0. The van der Waals surface area contributed by atoms with Gasteiger partial charge < -0.3 is 33.8 Å². The van der Waals surface area contributed by atoms with Crippen molar-refractivity contribution in [1.82, 2.24) is 0 Å². The predicted molar refractivity (Wildman–Crippen MR) is 331 cm³/mol. The number of rotatable bonds is 65. The first-order valence-electron chi connectivity index (χ1n) is 33.8. The fourth-order valence-electron chi connectivity index (χ4n) is 9.63. The molecule has 0 heterocycles. The first-order valence-corrected chi connectivity index (χ1v) is 36.8. The highest BCUT2D eigenvalue weighted by atomic mass is 31.2. The third-order valence-corrected chi connectivity index (χ3v) is 16.8. The molecule has 492 valence electrons. The zero-order chi connectivity index (χ0) is 61.2. The van der Waals surface area contributed by atoms with Gasteiger partial charge >= 0.3 is 39.5 Å². The summed E-state index contributed by atoms with van der Waals surface area (Å²) in [6.45, 7) is 4.79. The monoisotopic (exact) mass is 1230 g/mol. The molecule has 0 bridgehead atoms. The molecule has 0 rings (SSSR count). The van der Waals surface area contributed by atoms with E-state index in [4.69, 9.17) is 37.0 Å². The predicted octanol–water partition coefficient (Wildman–Crippen LogP) is 17.9. The molecule has 0 aliphatic carbocycles. The molecular formula is C64H124O17P2. The molecule has 0 aromatic rings. The van der Waals surface area contributed by atoms with Gasteiger partial charge in [-0.15, -0.1) is 0 Å². The van der Waals surface area contributed by atoms with E-state index in [1.807, 2.05) is 0 Å². The van der Waals surface area contributed by atoms with Crippen LogP contribution in [0.2, 0.25) is 0 Å². The van der Waals surface area contributed by atoms with Crippen LogP contribution in [0.4, 0.5) is 0 Å². The molecule has 0 saturated heterocycles. The van der Waals surface area contributed by atoms with E-state index in [9.17, 15) is 43.2 Å². The molecule has 0 amide bonds. The van der Waals surface area contributed by atoms with Crippen molar-refractivity contribution < 1.29 is 80.2 Å². The number of hydrogen-bond acceptors (Lipinski definition) is 15. The molecule has 0 radical (unpaired) electrons. The zero-order valence-electron chi connectivity index (χ0n) is 53.2. The summed E-state index contributed by atoms with van der Waals surface area (Å²) in [5.41, 5.74) is 0. The number of carbonyl (C=O) groups excluding carboxylic acids is 4. The highest BCUT2D eigenvalue weighted by molar-refractivity contribution is 7.47. The highest BCUT2D eigenvalue weighted by Crippen LogP contribution is 2.45. The molecule has 3 N–H and O–H groups in total. The van der Waals surface area contributed by atoms with Crippen LogP contribution < -0.4 is 0 Å². The van der Waals surface area contributed by atoms with Gasteiger partial charge in [0.05, 0.1) is 26.4 Å². The van der Waals surface area contributed by atoms with E-state index in [1.54, 1.807) is 0 Å². The summed E-state index contributed by atoms with van der Waals surface area (Å²) in [5.74, 6) is -2.14. The Kier molecular flexibility index (Phi) is 57.7. The summed E-state index contributed by atoms with van der Waals surface area (Å²) >= 11 is 0. The van der Waals surface area contributed by atoms with Gasteiger partial charge in [-0.25, -0.2) is 9.13 Å². The van der Waals surface area contributed by atoms with Gasteiger partial charge in [0.1, 0.15) is 19.3 Å². The SMILES string of the molecule is CCCCCCCCCCCCCCCCCCC(=O)O[C@H](COC(=O)CCCCCCCCCCCCCCCC)COP(=O)(O)OC[C@@H](O)COP(=O)(O)OC[C@@H](COC(=O)CCCCCCC)OC(=O)CCCCCCCCCC. The zero-order valence-corrected chi connectivity index (χ0v) is 54.9. The molecule has 0 aromatic heterocycles. The van der Waals surface area contributed by atoms with Crippen molar-refractivity contribution in [3.05, 3.63) is 0 Å². The fraction of sp³-hybridized carbons (Fsp3) is 0.938. The normalized spacial score (nSPS) is 14.2. The molecule has 19 heteroatoms. The van der Waals surface area contributed by atoms with Crippen molar-refractivity contribution in [3.63, 3.8) is 0 Å². The number of hydrogen-bond donors (Lipinski definition) is 3. The van der Waals surface area contributed by atoms with Crippen molar-refractivity contribution >= 4 is 39.5 Å². The lowest BCUT2D eigenvalue weighted by Gasteiger charge is -2.21. The van der Waals surface area contributed by atoms with Crippen LogP contribution in [-0.4, -0.2) is 96.7 Å². The minimum absolute atomic E-state index is 0.104. The quantitative estimate of drug-likeness (QED) is 0.0222. The van der Waals surface area contributed by atoms with E-state index >= 15 is 0 Å². The van der Waals surface area contributed by atoms with Gasteiger partial charge in [0, 0.05) is 25.7 Å². The Morgan fingerprint density at radius 1 is 0.289 bits per heavy atom. The second-order valence-corrected chi connectivity index (χ2v) is 26.1. The molecule has 0 spiro atoms. The lowest BCUT2D eigenvalue weighted by atomic mass is 10.0. The lowest BCUT2D eigenvalue weighted by Crippen LogP contribution is -2.30. The number of esters is 4. The van der Waals surface area contributed by atoms with E-state index in [1.165, 1.54) is 148 Å². The number of carbonyl (C=O) groups is 4. The number of aliphatic hydroxyl groups excluding tert-OH is 1. The molecule has 0 aliphatic rings. The van der Waals surface area contributed by atoms with Crippen LogP contribution in [0.1, 0.15) is 329 Å². The largest absolute Gasteiger partial charge is 0.472 e. The van der Waals surface area contributed by atoms with Crippen LogP contribution in [-0.2, 0) is 65.4 Å². The van der Waals surface area contributed by atoms with E-state index in [0.717, 1.165) is 103 Å². The second kappa shape index (κ2) is 59.0. The van der Waals surface area contributed by atoms with E-state index in [-0.39, 0.29) is 25.7 Å². The van der Waals surface area contributed by atoms with Crippen molar-refractivity contribution in [3.8, 4) is 0 Å². The lowest BCUT2D eigenvalue weighted by molar-refractivity contribution is -0.161. The number of unbranched alkanes of at least 4 members (excludes halogenated alkanes) is 39. The summed E-state index contributed by atoms with van der Waals surface area (Å²) in [6, 6.07) is 0. The maximum Gasteiger partial charge on any atom is 0.472 e. The van der Waals surface area contributed by atoms with Crippen molar-refractivity contribution in [2.45, 2.75) is 348 Å². The van der Waals surface area contributed by atoms with Gasteiger partial charge in [-0.2, -0.15) is 0 Å². The number of phosphoric acid groups is 2. The average Bonchev–Trinajstić information content (AvgIpc) is 3.51. The minimum atomic E-state index is -4.94. The summed E-state index contributed by atoms with van der Waals surface area (Å²) in [4.78, 5) is 71.9. The molecule has 0 saturated carbocycles. The Balaban J connectivity index is 5.15. The molecule has 0 aliphatic heterocycles. The first kappa shape index (κ1) is 81.1. The van der Waals surface area contributed by atoms with Crippen LogP contribution in [0.25, 0.3) is 0 Å². The molecule has 5 atom stereocenters. The van der Waals surface area contributed by atoms with Gasteiger partial charge in [0.25, 0.3) is 0 Å². The molecule has 2 unspecified atom stereocenters. The molecule has 17 nitrogen and oxygen atoms in total. The molecule has 83 heavy (non-hydrogen) atoms. The Hall–Kier alpha value is -1.94.